The van der Waals surface area contributed by atoms with Crippen LogP contribution in [0.3, 0.4) is 0 Å². The summed E-state index contributed by atoms with van der Waals surface area (Å²) in [6.07, 6.45) is 1.36. The molecule has 1 amide bonds. The van der Waals surface area contributed by atoms with Gasteiger partial charge in [0.15, 0.2) is 6.10 Å². The van der Waals surface area contributed by atoms with E-state index >= 15 is 0 Å². The molecule has 1 atom stereocenters. The number of carbonyl (C=O) groups is 2. The van der Waals surface area contributed by atoms with Gasteiger partial charge in [-0.1, -0.05) is 23.7 Å². The van der Waals surface area contributed by atoms with Crippen LogP contribution in [0.4, 0.5) is 14.5 Å². The molecule has 0 saturated heterocycles. The molecule has 0 aliphatic heterocycles. The number of aryl methyl sites for hydroxylation is 1. The van der Waals surface area contributed by atoms with Crippen LogP contribution in [0.1, 0.15) is 18.2 Å². The minimum atomic E-state index is -1.16. The fourth-order valence-corrected chi connectivity index (χ4v) is 3.00. The number of hydrogen-bond donors (Lipinski definition) is 1. The van der Waals surface area contributed by atoms with Crippen LogP contribution >= 0.6 is 11.6 Å². The molecule has 9 heteroatoms. The van der Waals surface area contributed by atoms with E-state index in [1.165, 1.54) is 60.1 Å². The Morgan fingerprint density at radius 2 is 1.84 bits per heavy atom. The number of rotatable bonds is 6. The lowest BCUT2D eigenvalue weighted by atomic mass is 10.2. The summed E-state index contributed by atoms with van der Waals surface area (Å²) in [6.45, 7) is 3.06. The molecule has 31 heavy (non-hydrogen) atoms. The fraction of sp³-hybridized carbons (Fsp3) is 0.136. The lowest BCUT2D eigenvalue weighted by Crippen LogP contribution is -2.29. The number of aromatic nitrogens is 2. The highest BCUT2D eigenvalue weighted by molar-refractivity contribution is 6.31. The summed E-state index contributed by atoms with van der Waals surface area (Å²) in [5.41, 5.74) is 1.53. The number of ether oxygens (including phenoxy) is 1. The first-order valence-corrected chi connectivity index (χ1v) is 9.59. The third-order valence-corrected chi connectivity index (χ3v) is 4.66. The lowest BCUT2D eigenvalue weighted by Gasteiger charge is -2.12. The van der Waals surface area contributed by atoms with E-state index in [1.807, 2.05) is 0 Å². The highest BCUT2D eigenvalue weighted by Crippen LogP contribution is 2.25. The molecule has 0 spiro atoms. The molecule has 0 saturated carbocycles. The number of esters is 1. The highest BCUT2D eigenvalue weighted by atomic mass is 35.5. The summed E-state index contributed by atoms with van der Waals surface area (Å²) in [6, 6.07) is 11.3. The van der Waals surface area contributed by atoms with Crippen molar-refractivity contribution < 1.29 is 23.1 Å². The number of benzene rings is 2. The predicted octanol–water partition coefficient (Wildman–Crippen LogP) is 4.70. The van der Waals surface area contributed by atoms with Crippen molar-refractivity contribution in [1.29, 1.82) is 0 Å². The lowest BCUT2D eigenvalue weighted by molar-refractivity contribution is -0.148. The molecule has 6 nitrogen and oxygen atoms in total. The van der Waals surface area contributed by atoms with Gasteiger partial charge in [0.1, 0.15) is 16.8 Å². The molecule has 1 unspecified atom stereocenters. The monoisotopic (exact) mass is 445 g/mol. The van der Waals surface area contributed by atoms with Crippen LogP contribution in [0.15, 0.2) is 54.6 Å². The van der Waals surface area contributed by atoms with Gasteiger partial charge >= 0.3 is 5.97 Å². The number of hydrogen-bond acceptors (Lipinski definition) is 4. The summed E-state index contributed by atoms with van der Waals surface area (Å²) >= 11 is 6.35. The van der Waals surface area contributed by atoms with E-state index in [-0.39, 0.29) is 16.7 Å². The maximum Gasteiger partial charge on any atom is 0.331 e. The first-order valence-electron chi connectivity index (χ1n) is 9.21. The Hall–Kier alpha value is -3.52. The second kappa shape index (κ2) is 9.53. The molecular formula is C22H18ClF2N3O3. The Morgan fingerprint density at radius 3 is 2.52 bits per heavy atom. The van der Waals surface area contributed by atoms with Crippen LogP contribution in [0.25, 0.3) is 11.8 Å². The predicted molar refractivity (Wildman–Crippen MR) is 113 cm³/mol. The van der Waals surface area contributed by atoms with Crippen LogP contribution in [0.5, 0.6) is 0 Å². The number of nitrogens with zero attached hydrogens (tertiary/aromatic N) is 2. The van der Waals surface area contributed by atoms with Gasteiger partial charge in [0, 0.05) is 11.6 Å². The minimum absolute atomic E-state index is 0.0124. The van der Waals surface area contributed by atoms with E-state index in [1.54, 1.807) is 13.0 Å². The number of anilines is 1. The quantitative estimate of drug-likeness (QED) is 0.441. The van der Waals surface area contributed by atoms with Crippen molar-refractivity contribution in [2.45, 2.75) is 20.0 Å². The van der Waals surface area contributed by atoms with Crippen molar-refractivity contribution in [3.8, 4) is 5.69 Å². The highest BCUT2D eigenvalue weighted by Gasteiger charge is 2.18. The Kier molecular flexibility index (Phi) is 6.81. The van der Waals surface area contributed by atoms with Crippen molar-refractivity contribution in [3.63, 3.8) is 0 Å². The van der Waals surface area contributed by atoms with Crippen LogP contribution in [0.2, 0.25) is 5.15 Å². The molecular weight excluding hydrogens is 428 g/mol. The van der Waals surface area contributed by atoms with Crippen LogP contribution in [-0.4, -0.2) is 27.8 Å². The maximum atomic E-state index is 13.6. The van der Waals surface area contributed by atoms with Gasteiger partial charge in [-0.25, -0.2) is 18.3 Å². The summed E-state index contributed by atoms with van der Waals surface area (Å²) < 4.78 is 33.2. The summed E-state index contributed by atoms with van der Waals surface area (Å²) in [5.74, 6) is -2.45. The molecule has 3 rings (SSSR count). The molecule has 0 aliphatic carbocycles. The Morgan fingerprint density at radius 1 is 1.16 bits per heavy atom. The molecule has 1 aromatic heterocycles. The van der Waals surface area contributed by atoms with Gasteiger partial charge in [-0.15, -0.1) is 0 Å². The van der Waals surface area contributed by atoms with E-state index in [4.69, 9.17) is 16.3 Å². The Bertz CT molecular complexity index is 1140. The van der Waals surface area contributed by atoms with Crippen molar-refractivity contribution in [2.75, 3.05) is 5.32 Å². The topological polar surface area (TPSA) is 73.2 Å². The molecule has 1 heterocycles. The molecule has 0 bridgehead atoms. The van der Waals surface area contributed by atoms with Crippen LogP contribution < -0.4 is 5.32 Å². The number of nitrogens with one attached hydrogen (secondary N) is 1. The smallest absolute Gasteiger partial charge is 0.331 e. The maximum absolute atomic E-state index is 13.6. The number of halogens is 3. The third kappa shape index (κ3) is 5.35. The largest absolute Gasteiger partial charge is 0.449 e. The third-order valence-electron chi connectivity index (χ3n) is 4.30. The van der Waals surface area contributed by atoms with E-state index in [2.05, 4.69) is 10.4 Å². The SMILES string of the molecule is Cc1nn(-c2ccc(F)cc2)c(Cl)c1/C=C/C(=O)OC(C)C(=O)Nc1ccccc1F. The van der Waals surface area contributed by atoms with E-state index < -0.39 is 23.8 Å². The van der Waals surface area contributed by atoms with Crippen molar-refractivity contribution in [2.24, 2.45) is 0 Å². The second-order valence-electron chi connectivity index (χ2n) is 6.56. The molecule has 0 radical (unpaired) electrons. The zero-order chi connectivity index (χ0) is 22.5. The zero-order valence-electron chi connectivity index (χ0n) is 16.6. The second-order valence-corrected chi connectivity index (χ2v) is 6.92. The zero-order valence-corrected chi connectivity index (χ0v) is 17.4. The van der Waals surface area contributed by atoms with Crippen LogP contribution in [0, 0.1) is 18.6 Å². The van der Waals surface area contributed by atoms with Crippen molar-refractivity contribution in [1.82, 2.24) is 9.78 Å². The van der Waals surface area contributed by atoms with E-state index in [9.17, 15) is 18.4 Å². The fourth-order valence-electron chi connectivity index (χ4n) is 2.67. The molecule has 160 valence electrons. The molecule has 3 aromatic rings. The average molecular weight is 446 g/mol. The van der Waals surface area contributed by atoms with Gasteiger partial charge in [0.2, 0.25) is 0 Å². The normalized spacial score (nSPS) is 12.0. The molecule has 0 aliphatic rings. The van der Waals surface area contributed by atoms with Gasteiger partial charge in [-0.3, -0.25) is 4.79 Å². The summed E-state index contributed by atoms with van der Waals surface area (Å²) in [5, 5.41) is 6.87. The number of amides is 1. The first-order chi connectivity index (χ1) is 14.8. The molecule has 1 N–H and O–H groups in total. The van der Waals surface area contributed by atoms with Crippen molar-refractivity contribution in [3.05, 3.63) is 82.7 Å². The van der Waals surface area contributed by atoms with Gasteiger partial charge in [0.25, 0.3) is 5.91 Å². The molecule has 2 aromatic carbocycles. The Balaban J connectivity index is 1.66. The number of carbonyl (C=O) groups excluding carboxylic acids is 2. The van der Waals surface area contributed by atoms with Gasteiger partial charge in [-0.05, 0) is 56.3 Å². The van der Waals surface area contributed by atoms with Gasteiger partial charge in [-0.2, -0.15) is 5.10 Å². The molecule has 0 fully saturated rings. The van der Waals surface area contributed by atoms with E-state index in [0.717, 1.165) is 6.08 Å². The van der Waals surface area contributed by atoms with E-state index in [0.29, 0.717) is 16.9 Å². The Labute approximate surface area is 182 Å². The van der Waals surface area contributed by atoms with Gasteiger partial charge in [0.05, 0.1) is 17.1 Å². The summed E-state index contributed by atoms with van der Waals surface area (Å²) in [4.78, 5) is 24.2. The standard InChI is InChI=1S/C22H18ClF2N3O3/c1-13-17(21(23)28(27-13)16-9-7-15(24)8-10-16)11-12-20(29)31-14(2)22(30)26-19-6-4-3-5-18(19)25/h3-12,14H,1-2H3,(H,26,30)/b12-11+. The minimum Gasteiger partial charge on any atom is -0.449 e. The van der Waals surface area contributed by atoms with Crippen molar-refractivity contribution >= 4 is 35.2 Å². The first kappa shape index (κ1) is 22.2. The average Bonchev–Trinajstić information content (AvgIpc) is 3.02. The number of para-hydroxylation sites is 1. The van der Waals surface area contributed by atoms with Crippen LogP contribution in [-0.2, 0) is 14.3 Å². The summed E-state index contributed by atoms with van der Waals surface area (Å²) in [7, 11) is 0. The van der Waals surface area contributed by atoms with Gasteiger partial charge < -0.3 is 10.1 Å².